The van der Waals surface area contributed by atoms with Crippen LogP contribution in [0.15, 0.2) is 28.9 Å². The monoisotopic (exact) mass is 451 g/mol. The quantitative estimate of drug-likeness (QED) is 0.607. The van der Waals surface area contributed by atoms with E-state index < -0.39 is 23.8 Å². The molecular weight excluding hydrogens is 431 g/mol. The van der Waals surface area contributed by atoms with Crippen molar-refractivity contribution >= 4 is 11.7 Å². The van der Waals surface area contributed by atoms with Crippen LogP contribution in [-0.4, -0.2) is 57.1 Å². The van der Waals surface area contributed by atoms with Gasteiger partial charge in [-0.25, -0.2) is 4.98 Å². The second kappa shape index (κ2) is 8.22. The third kappa shape index (κ3) is 4.28. The molecular formula is C19H20F3N7O3. The van der Waals surface area contributed by atoms with Crippen molar-refractivity contribution in [2.75, 3.05) is 25.1 Å². The van der Waals surface area contributed by atoms with Gasteiger partial charge in [0.15, 0.2) is 5.69 Å². The molecule has 4 rings (SSSR count). The highest BCUT2D eigenvalue weighted by atomic mass is 19.4. The van der Waals surface area contributed by atoms with Gasteiger partial charge >= 0.3 is 6.18 Å². The highest BCUT2D eigenvalue weighted by Gasteiger charge is 2.35. The van der Waals surface area contributed by atoms with Crippen LogP contribution >= 0.6 is 0 Å². The second-order valence-corrected chi connectivity index (χ2v) is 7.35. The normalized spacial score (nSPS) is 15.5. The van der Waals surface area contributed by atoms with Gasteiger partial charge in [-0.15, -0.1) is 0 Å². The van der Waals surface area contributed by atoms with Crippen LogP contribution in [0.25, 0.3) is 11.4 Å². The van der Waals surface area contributed by atoms with Crippen molar-refractivity contribution in [2.24, 2.45) is 7.05 Å². The number of pyridine rings is 1. The average Bonchev–Trinajstić information content (AvgIpc) is 3.34. The van der Waals surface area contributed by atoms with Gasteiger partial charge in [-0.3, -0.25) is 9.48 Å². The fourth-order valence-electron chi connectivity index (χ4n) is 3.18. The Hall–Kier alpha value is -3.48. The first-order valence-corrected chi connectivity index (χ1v) is 9.65. The number of aryl methyl sites for hydroxylation is 1. The molecule has 10 nitrogen and oxygen atoms in total. The lowest BCUT2D eigenvalue weighted by Crippen LogP contribution is -2.52. The zero-order valence-corrected chi connectivity index (χ0v) is 17.4. The number of hydrogen-bond donors (Lipinski definition) is 1. The second-order valence-electron chi connectivity index (χ2n) is 7.35. The Kier molecular flexibility index (Phi) is 5.59. The van der Waals surface area contributed by atoms with Gasteiger partial charge < -0.3 is 19.5 Å². The number of carbonyl (C=O) groups excluding carboxylic acids is 1. The van der Waals surface area contributed by atoms with Gasteiger partial charge in [0.1, 0.15) is 17.6 Å². The molecule has 0 aliphatic carbocycles. The molecule has 170 valence electrons. The lowest BCUT2D eigenvalue weighted by Gasteiger charge is -2.39. The molecule has 1 N–H and O–H groups in total. The molecule has 0 radical (unpaired) electrons. The Morgan fingerprint density at radius 3 is 2.75 bits per heavy atom. The summed E-state index contributed by atoms with van der Waals surface area (Å²) >= 11 is 0. The Labute approximate surface area is 180 Å². The molecule has 1 aliphatic heterocycles. The molecule has 1 atom stereocenters. The van der Waals surface area contributed by atoms with Gasteiger partial charge in [-0.1, -0.05) is 5.16 Å². The molecule has 32 heavy (non-hydrogen) atoms. The molecule has 1 amide bonds. The van der Waals surface area contributed by atoms with Crippen LogP contribution in [0, 0.1) is 0 Å². The van der Waals surface area contributed by atoms with Crippen molar-refractivity contribution in [3.63, 3.8) is 0 Å². The van der Waals surface area contributed by atoms with Crippen molar-refractivity contribution < 1.29 is 27.2 Å². The smallest absolute Gasteiger partial charge is 0.378 e. The van der Waals surface area contributed by atoms with E-state index in [0.717, 1.165) is 23.6 Å². The third-order valence-corrected chi connectivity index (χ3v) is 5.07. The largest absolute Gasteiger partial charge is 0.435 e. The predicted octanol–water partition coefficient (Wildman–Crippen LogP) is 2.21. The molecule has 1 fully saturated rings. The first-order chi connectivity index (χ1) is 15.2. The first kappa shape index (κ1) is 21.7. The van der Waals surface area contributed by atoms with Crippen molar-refractivity contribution in [1.29, 1.82) is 0 Å². The summed E-state index contributed by atoms with van der Waals surface area (Å²) in [5.74, 6) is 0.404. The Bertz CT molecular complexity index is 1120. The number of nitrogens with zero attached hydrogens (tertiary/aromatic N) is 6. The highest BCUT2D eigenvalue weighted by molar-refractivity contribution is 5.92. The number of rotatable bonds is 6. The maximum atomic E-state index is 12.8. The summed E-state index contributed by atoms with van der Waals surface area (Å²) < 4.78 is 49.9. The molecule has 0 saturated carbocycles. The maximum Gasteiger partial charge on any atom is 0.435 e. The van der Waals surface area contributed by atoms with Crippen LogP contribution < -0.4 is 10.2 Å². The van der Waals surface area contributed by atoms with Crippen molar-refractivity contribution in [3.05, 3.63) is 41.7 Å². The summed E-state index contributed by atoms with van der Waals surface area (Å²) in [5.41, 5.74) is -0.720. The van der Waals surface area contributed by atoms with E-state index in [1.807, 2.05) is 11.0 Å². The van der Waals surface area contributed by atoms with Crippen LogP contribution in [0.5, 0.6) is 0 Å². The number of amides is 1. The van der Waals surface area contributed by atoms with Crippen molar-refractivity contribution in [1.82, 2.24) is 30.2 Å². The summed E-state index contributed by atoms with van der Waals surface area (Å²) in [4.78, 5) is 23.1. The highest BCUT2D eigenvalue weighted by Crippen LogP contribution is 2.29. The maximum absolute atomic E-state index is 12.8. The van der Waals surface area contributed by atoms with E-state index >= 15 is 0 Å². The number of anilines is 1. The summed E-state index contributed by atoms with van der Waals surface area (Å²) in [5, 5.41) is 9.82. The number of hydrogen-bond acceptors (Lipinski definition) is 8. The number of ether oxygens (including phenoxy) is 1. The van der Waals surface area contributed by atoms with E-state index in [0.29, 0.717) is 17.5 Å². The molecule has 0 aromatic carbocycles. The van der Waals surface area contributed by atoms with Gasteiger partial charge in [-0.05, 0) is 19.1 Å². The molecule has 3 aromatic heterocycles. The predicted molar refractivity (Wildman–Crippen MR) is 105 cm³/mol. The minimum absolute atomic E-state index is 0.105. The summed E-state index contributed by atoms with van der Waals surface area (Å²) in [6.07, 6.45) is -2.84. The summed E-state index contributed by atoms with van der Waals surface area (Å²) in [6, 6.07) is 3.48. The number of alkyl halides is 3. The third-order valence-electron chi connectivity index (χ3n) is 5.07. The van der Waals surface area contributed by atoms with E-state index in [4.69, 9.17) is 9.26 Å². The van der Waals surface area contributed by atoms with Gasteiger partial charge in [0.2, 0.25) is 11.7 Å². The van der Waals surface area contributed by atoms with E-state index in [-0.39, 0.29) is 17.7 Å². The minimum Gasteiger partial charge on any atom is -0.378 e. The number of nitrogens with one attached hydrogen (secondary N) is 1. The van der Waals surface area contributed by atoms with E-state index in [9.17, 15) is 18.0 Å². The van der Waals surface area contributed by atoms with E-state index in [1.165, 1.54) is 7.05 Å². The number of methoxy groups -OCH3 is 1. The average molecular weight is 451 g/mol. The fourth-order valence-corrected chi connectivity index (χ4v) is 3.18. The number of carbonyl (C=O) groups is 1. The minimum atomic E-state index is -4.65. The molecule has 3 aromatic rings. The molecule has 1 unspecified atom stereocenters. The van der Waals surface area contributed by atoms with Crippen LogP contribution in [0.3, 0.4) is 0 Å². The zero-order chi connectivity index (χ0) is 23.0. The van der Waals surface area contributed by atoms with Gasteiger partial charge in [0.25, 0.3) is 5.91 Å². The number of aromatic nitrogens is 5. The molecule has 1 saturated heterocycles. The zero-order valence-electron chi connectivity index (χ0n) is 17.4. The van der Waals surface area contributed by atoms with Crippen molar-refractivity contribution in [3.8, 4) is 11.4 Å². The standard InChI is InChI=1S/C19H20F3N7O3/c1-10(24-17(30)13-7-14(19(20,21)22)26-28(13)2)18-25-16(27-32-18)11-4-5-23-15(6-11)29-8-12(9-29)31-3/h4-7,10,12H,8-9H2,1-3H3,(H,24,30). The van der Waals surface area contributed by atoms with E-state index in [1.54, 1.807) is 26.3 Å². The first-order valence-electron chi connectivity index (χ1n) is 9.65. The van der Waals surface area contributed by atoms with E-state index in [2.05, 4.69) is 25.5 Å². The van der Waals surface area contributed by atoms with Crippen molar-refractivity contribution in [2.45, 2.75) is 25.2 Å². The van der Waals surface area contributed by atoms with Gasteiger partial charge in [0, 0.05) is 45.1 Å². The van der Waals surface area contributed by atoms with Crippen LogP contribution in [0.4, 0.5) is 19.0 Å². The lowest BCUT2D eigenvalue weighted by molar-refractivity contribution is -0.141. The molecule has 4 heterocycles. The van der Waals surface area contributed by atoms with Crippen LogP contribution in [0.2, 0.25) is 0 Å². The molecule has 1 aliphatic rings. The van der Waals surface area contributed by atoms with Crippen LogP contribution in [0.1, 0.15) is 35.0 Å². The SMILES string of the molecule is COC1CN(c2cc(-c3noc(C(C)NC(=O)c4cc(C(F)(F)F)nn4C)n3)ccn2)C1. The summed E-state index contributed by atoms with van der Waals surface area (Å²) in [7, 11) is 2.92. The fraction of sp³-hybridized carbons (Fsp3) is 0.421. The number of halogens is 3. The lowest BCUT2D eigenvalue weighted by atomic mass is 10.1. The Balaban J connectivity index is 1.45. The van der Waals surface area contributed by atoms with Crippen LogP contribution in [-0.2, 0) is 18.0 Å². The Morgan fingerprint density at radius 2 is 2.09 bits per heavy atom. The molecule has 13 heteroatoms. The molecule has 0 spiro atoms. The Morgan fingerprint density at radius 1 is 1.34 bits per heavy atom. The topological polar surface area (TPSA) is 111 Å². The summed E-state index contributed by atoms with van der Waals surface area (Å²) in [6.45, 7) is 3.05. The van der Waals surface area contributed by atoms with Gasteiger partial charge in [-0.2, -0.15) is 23.3 Å². The van der Waals surface area contributed by atoms with Gasteiger partial charge in [0.05, 0.1) is 6.10 Å². The molecule has 0 bridgehead atoms.